The molecule has 5 amide bonds. The zero-order chi connectivity index (χ0) is 38.3. The minimum Gasteiger partial charge on any atom is -0.325 e. The summed E-state index contributed by atoms with van der Waals surface area (Å²) in [4.78, 5) is 54.3. The molecule has 6 aliphatic rings. The fourth-order valence-electron chi connectivity index (χ4n) is 9.75. The van der Waals surface area contributed by atoms with Crippen LogP contribution in [0.15, 0.2) is 97.2 Å². The van der Waals surface area contributed by atoms with Gasteiger partial charge in [0.25, 0.3) is 5.91 Å². The van der Waals surface area contributed by atoms with Gasteiger partial charge in [-0.2, -0.15) is 0 Å². The van der Waals surface area contributed by atoms with Gasteiger partial charge in [0, 0.05) is 37.3 Å². The summed E-state index contributed by atoms with van der Waals surface area (Å²) in [5.74, 6) is 0.813. The predicted octanol–water partition coefficient (Wildman–Crippen LogP) is 6.38. The molecule has 276 valence electrons. The number of para-hydroxylation sites is 1. The van der Waals surface area contributed by atoms with E-state index in [0.717, 1.165) is 48.3 Å². The molecule has 3 unspecified atom stereocenters. The van der Waals surface area contributed by atoms with E-state index in [1.54, 1.807) is 18.1 Å². The maximum absolute atomic E-state index is 12.5. The van der Waals surface area contributed by atoms with Crippen LogP contribution in [0.5, 0.6) is 0 Å². The zero-order valence-electron chi connectivity index (χ0n) is 31.5. The minimum atomic E-state index is -0.687. The maximum atomic E-state index is 12.5. The van der Waals surface area contributed by atoms with Crippen molar-refractivity contribution in [3.8, 4) is 0 Å². The molecule has 3 spiro atoms. The van der Waals surface area contributed by atoms with Crippen molar-refractivity contribution in [2.24, 2.45) is 0 Å². The molecule has 11 rings (SSSR count). The van der Waals surface area contributed by atoms with Gasteiger partial charge in [0.15, 0.2) is 0 Å². The van der Waals surface area contributed by atoms with Gasteiger partial charge in [0.1, 0.15) is 11.4 Å². The van der Waals surface area contributed by atoms with E-state index in [0.29, 0.717) is 12.8 Å². The first-order valence-corrected chi connectivity index (χ1v) is 18.9. The van der Waals surface area contributed by atoms with Crippen LogP contribution in [0.3, 0.4) is 0 Å². The van der Waals surface area contributed by atoms with Crippen molar-refractivity contribution in [2.75, 3.05) is 17.7 Å². The fraction of sp³-hybridized carbons (Fsp3) is 0.283. The first kappa shape index (κ1) is 34.7. The average Bonchev–Trinajstić information content (AvgIpc) is 3.99. The summed E-state index contributed by atoms with van der Waals surface area (Å²) in [6, 6.07) is 30.9. The Bertz CT molecular complexity index is 2370. The van der Waals surface area contributed by atoms with E-state index in [9.17, 15) is 19.2 Å². The van der Waals surface area contributed by atoms with E-state index < -0.39 is 11.0 Å². The number of aromatic nitrogens is 1. The summed E-state index contributed by atoms with van der Waals surface area (Å²) in [6.45, 7) is 6.23. The lowest BCUT2D eigenvalue weighted by Crippen LogP contribution is -2.48. The number of likely N-dealkylation sites (N-methyl/N-ethyl adjacent to an activating group) is 1. The number of aryl methyl sites for hydroxylation is 3. The number of nitrogens with one attached hydrogen (secondary N) is 3. The van der Waals surface area contributed by atoms with E-state index in [1.165, 1.54) is 50.1 Å². The molecule has 1 fully saturated rings. The van der Waals surface area contributed by atoms with Crippen molar-refractivity contribution in [3.05, 3.63) is 158 Å². The number of amides is 5. The minimum absolute atomic E-state index is 0.0926. The Hall–Kier alpha value is -6.09. The van der Waals surface area contributed by atoms with Crippen molar-refractivity contribution in [1.29, 1.82) is 0 Å². The summed E-state index contributed by atoms with van der Waals surface area (Å²) in [5.41, 5.74) is 13.0. The van der Waals surface area contributed by atoms with Crippen LogP contribution in [0.25, 0.3) is 0 Å². The Kier molecular flexibility index (Phi) is 7.87. The third kappa shape index (κ3) is 5.39. The summed E-state index contributed by atoms with van der Waals surface area (Å²) in [5, 5.41) is 8.37. The third-order valence-electron chi connectivity index (χ3n) is 12.7. The number of rotatable bonds is 0. The van der Waals surface area contributed by atoms with Crippen molar-refractivity contribution in [2.45, 2.75) is 75.7 Å². The van der Waals surface area contributed by atoms with Gasteiger partial charge in [0.05, 0.1) is 10.8 Å². The number of nitrogens with zero attached hydrogens (tertiary/aromatic N) is 2. The van der Waals surface area contributed by atoms with Gasteiger partial charge in [0.2, 0.25) is 11.8 Å². The second kappa shape index (κ2) is 12.5. The Balaban J connectivity index is 0.000000108. The van der Waals surface area contributed by atoms with Crippen LogP contribution in [0.2, 0.25) is 0 Å². The molecule has 9 nitrogen and oxygen atoms in total. The largest absolute Gasteiger partial charge is 0.325 e. The van der Waals surface area contributed by atoms with E-state index in [1.807, 2.05) is 43.3 Å². The fourth-order valence-corrected chi connectivity index (χ4v) is 9.75. The quantitative estimate of drug-likeness (QED) is 0.160. The van der Waals surface area contributed by atoms with Gasteiger partial charge in [-0.05, 0) is 97.5 Å². The normalized spacial score (nSPS) is 24.3. The molecule has 3 aliphatic carbocycles. The number of imide groups is 1. The molecule has 55 heavy (non-hydrogen) atoms. The average molecular weight is 730 g/mol. The number of fused-ring (bicyclic) bond motifs is 7. The van der Waals surface area contributed by atoms with Crippen LogP contribution >= 0.6 is 0 Å². The van der Waals surface area contributed by atoms with Gasteiger partial charge in [-0.1, -0.05) is 95.6 Å². The Morgan fingerprint density at radius 3 is 1.62 bits per heavy atom. The van der Waals surface area contributed by atoms with Crippen LogP contribution in [-0.2, 0) is 63.7 Å². The lowest BCUT2D eigenvalue weighted by Gasteiger charge is -2.27. The standard InChI is InChI=1S/C17H15NO.C16H14N2O.C13H14N2O2/c1-11-6-7-12-9-17(10-13(12)8-11)14-4-2-3-5-15(14)18-16(17)19;1-10-4-5-11-8-16(9-12(11)7-10)13-3-2-6-17-14(13)18-15(16)19;1-8-3-4-9-6-13(7-10(9)5-8)11(16)14-12(17)15(13)2/h2-8H,9-10H2,1H3,(H,18,19);2-7H,8-9H2,1H3,(H,17,18,19);3-5H,6-7H2,1-2H3,(H,14,16,17). The zero-order valence-corrected chi connectivity index (χ0v) is 31.5. The van der Waals surface area contributed by atoms with Crippen LogP contribution in [0, 0.1) is 20.8 Å². The molecule has 3 N–H and O–H groups in total. The topological polar surface area (TPSA) is 121 Å². The van der Waals surface area contributed by atoms with Crippen LogP contribution in [-0.4, -0.2) is 46.2 Å². The second-order valence-electron chi connectivity index (χ2n) is 16.2. The molecule has 4 heterocycles. The maximum Gasteiger partial charge on any atom is 0.324 e. The molecule has 3 aliphatic heterocycles. The highest BCUT2D eigenvalue weighted by Gasteiger charge is 2.54. The van der Waals surface area contributed by atoms with Gasteiger partial charge in [-0.25, -0.2) is 9.78 Å². The lowest BCUT2D eigenvalue weighted by atomic mass is 9.79. The van der Waals surface area contributed by atoms with Crippen molar-refractivity contribution in [3.63, 3.8) is 0 Å². The summed E-state index contributed by atoms with van der Waals surface area (Å²) in [6.07, 6.45) is 6.19. The SMILES string of the molecule is Cc1ccc2c(c1)CC1(C2)C(=O)NC(=O)N1C.Cc1ccc2c(c1)CC1(C2)C(=O)Nc2ccccc21.Cc1ccc2c(c1)CC1(C2)C(=O)Nc2ncccc21. The summed E-state index contributed by atoms with van der Waals surface area (Å²) in [7, 11) is 1.69. The number of urea groups is 1. The van der Waals surface area contributed by atoms with Gasteiger partial charge in [-0.3, -0.25) is 19.7 Å². The molecule has 1 aromatic heterocycles. The lowest BCUT2D eigenvalue weighted by molar-refractivity contribution is -0.126. The molecule has 4 aromatic carbocycles. The Labute approximate surface area is 320 Å². The molecular weight excluding hydrogens is 687 g/mol. The van der Waals surface area contributed by atoms with Gasteiger partial charge < -0.3 is 15.5 Å². The molecule has 9 heteroatoms. The number of hydrogen-bond donors (Lipinski definition) is 3. The molecule has 3 atom stereocenters. The number of benzene rings is 4. The highest BCUT2D eigenvalue weighted by Crippen LogP contribution is 2.48. The molecule has 5 aromatic rings. The van der Waals surface area contributed by atoms with Crippen molar-refractivity contribution in [1.82, 2.24) is 15.2 Å². The van der Waals surface area contributed by atoms with Crippen LogP contribution in [0.4, 0.5) is 16.3 Å². The summed E-state index contributed by atoms with van der Waals surface area (Å²) >= 11 is 0. The Morgan fingerprint density at radius 1 is 0.527 bits per heavy atom. The van der Waals surface area contributed by atoms with E-state index in [2.05, 4.69) is 89.4 Å². The van der Waals surface area contributed by atoms with E-state index in [-0.39, 0.29) is 29.2 Å². The van der Waals surface area contributed by atoms with Crippen LogP contribution in [0.1, 0.15) is 61.2 Å². The van der Waals surface area contributed by atoms with Gasteiger partial charge >= 0.3 is 6.03 Å². The van der Waals surface area contributed by atoms with E-state index >= 15 is 0 Å². The number of hydrogen-bond acceptors (Lipinski definition) is 5. The highest BCUT2D eigenvalue weighted by atomic mass is 16.2. The van der Waals surface area contributed by atoms with E-state index in [4.69, 9.17) is 0 Å². The highest BCUT2D eigenvalue weighted by molar-refractivity contribution is 6.08. The predicted molar refractivity (Wildman–Crippen MR) is 211 cm³/mol. The molecule has 0 saturated carbocycles. The Morgan fingerprint density at radius 2 is 1.02 bits per heavy atom. The molecule has 0 radical (unpaired) electrons. The third-order valence-corrected chi connectivity index (χ3v) is 12.7. The molecular formula is C46H43N5O4. The number of pyridine rings is 1. The number of carbonyl (C=O) groups excluding carboxylic acids is 4. The first-order chi connectivity index (χ1) is 26.4. The summed E-state index contributed by atoms with van der Waals surface area (Å²) < 4.78 is 0. The smallest absolute Gasteiger partial charge is 0.324 e. The molecule has 0 bridgehead atoms. The van der Waals surface area contributed by atoms with Crippen LogP contribution < -0.4 is 16.0 Å². The number of carbonyl (C=O) groups is 4. The van der Waals surface area contributed by atoms with Crippen molar-refractivity contribution < 1.29 is 19.2 Å². The number of anilines is 2. The first-order valence-electron chi connectivity index (χ1n) is 18.9. The van der Waals surface area contributed by atoms with Crippen molar-refractivity contribution >= 4 is 35.3 Å². The van der Waals surface area contributed by atoms with Gasteiger partial charge in [-0.15, -0.1) is 0 Å². The second-order valence-corrected chi connectivity index (χ2v) is 16.2. The monoisotopic (exact) mass is 729 g/mol. The molecule has 1 saturated heterocycles.